The van der Waals surface area contributed by atoms with Crippen LogP contribution < -0.4 is 9.64 Å². The van der Waals surface area contributed by atoms with E-state index in [1.54, 1.807) is 18.3 Å². The maximum Gasteiger partial charge on any atom is 0.158 e. The van der Waals surface area contributed by atoms with Crippen LogP contribution in [-0.2, 0) is 13.0 Å². The van der Waals surface area contributed by atoms with Gasteiger partial charge in [0.2, 0.25) is 0 Å². The van der Waals surface area contributed by atoms with Crippen LogP contribution in [0.4, 0.5) is 10.2 Å². The average molecular weight is 388 g/mol. The van der Waals surface area contributed by atoms with Crippen molar-refractivity contribution < 1.29 is 9.13 Å². The highest BCUT2D eigenvalue weighted by atomic mass is 19.1. The maximum atomic E-state index is 14.6. The zero-order valence-corrected chi connectivity index (χ0v) is 16.4. The monoisotopic (exact) mass is 388 g/mol. The summed E-state index contributed by atoms with van der Waals surface area (Å²) in [5, 5.41) is 8.54. The third-order valence-electron chi connectivity index (χ3n) is 5.55. The van der Waals surface area contributed by atoms with Gasteiger partial charge >= 0.3 is 0 Å². The lowest BCUT2D eigenvalue weighted by molar-refractivity contribution is 0.413. The van der Waals surface area contributed by atoms with Gasteiger partial charge in [0.1, 0.15) is 11.6 Å². The molecule has 0 aliphatic carbocycles. The molecule has 29 heavy (non-hydrogen) atoms. The summed E-state index contributed by atoms with van der Waals surface area (Å²) < 4.78 is 19.9. The van der Waals surface area contributed by atoms with Crippen LogP contribution in [0.15, 0.2) is 48.7 Å². The molecule has 146 valence electrons. The van der Waals surface area contributed by atoms with Crippen LogP contribution in [0.1, 0.15) is 16.7 Å². The number of aromatic nitrogens is 3. The molecule has 0 saturated heterocycles. The molecule has 0 fully saturated rings. The number of hydrogen-bond acceptors (Lipinski definition) is 4. The number of ether oxygens (including phenoxy) is 1. The van der Waals surface area contributed by atoms with E-state index in [-0.39, 0.29) is 5.82 Å². The lowest BCUT2D eigenvalue weighted by Gasteiger charge is -2.29. The van der Waals surface area contributed by atoms with E-state index in [1.165, 1.54) is 29.9 Å². The molecule has 6 heteroatoms. The Morgan fingerprint density at radius 3 is 2.90 bits per heavy atom. The SMILES string of the molecule is COc1cccc(F)c1-c1cc2c(N3CCc4ccc(C)cc4C3)n[nH]c2cn1. The van der Waals surface area contributed by atoms with Crippen molar-refractivity contribution in [1.29, 1.82) is 0 Å². The summed E-state index contributed by atoms with van der Waals surface area (Å²) in [7, 11) is 1.53. The van der Waals surface area contributed by atoms with E-state index in [4.69, 9.17) is 4.74 Å². The molecule has 3 heterocycles. The number of hydrogen-bond donors (Lipinski definition) is 1. The largest absolute Gasteiger partial charge is 0.496 e. The summed E-state index contributed by atoms with van der Waals surface area (Å²) in [5.74, 6) is 0.971. The second-order valence-corrected chi connectivity index (χ2v) is 7.42. The highest BCUT2D eigenvalue weighted by Gasteiger charge is 2.22. The van der Waals surface area contributed by atoms with Gasteiger partial charge in [0, 0.05) is 18.5 Å². The fourth-order valence-electron chi connectivity index (χ4n) is 4.07. The number of fused-ring (bicyclic) bond motifs is 2. The number of methoxy groups -OCH3 is 1. The predicted molar refractivity (Wildman–Crippen MR) is 112 cm³/mol. The van der Waals surface area contributed by atoms with E-state index in [0.717, 1.165) is 36.2 Å². The topological polar surface area (TPSA) is 54.0 Å². The highest BCUT2D eigenvalue weighted by Crippen LogP contribution is 2.35. The van der Waals surface area contributed by atoms with Gasteiger partial charge < -0.3 is 9.64 Å². The Balaban J connectivity index is 1.58. The summed E-state index contributed by atoms with van der Waals surface area (Å²) >= 11 is 0. The Bertz CT molecular complexity index is 1220. The molecule has 0 saturated carbocycles. The zero-order valence-electron chi connectivity index (χ0n) is 16.4. The number of anilines is 1. The third kappa shape index (κ3) is 3.01. The minimum atomic E-state index is -0.358. The van der Waals surface area contributed by atoms with Crippen molar-refractivity contribution >= 4 is 16.7 Å². The van der Waals surface area contributed by atoms with Crippen molar-refractivity contribution in [1.82, 2.24) is 15.2 Å². The van der Waals surface area contributed by atoms with Crippen LogP contribution in [-0.4, -0.2) is 28.8 Å². The quantitative estimate of drug-likeness (QED) is 0.555. The number of aromatic amines is 1. The molecule has 0 spiro atoms. The standard InChI is InChI=1S/C23H21FN4O/c1-14-6-7-15-8-9-28(13-16(15)10-14)23-17-11-19(25-12-20(17)26-27-23)22-18(24)4-3-5-21(22)29-2/h3-7,10-12H,8-9,13H2,1-2H3,(H,26,27). The van der Waals surface area contributed by atoms with Crippen molar-refractivity contribution in [2.45, 2.75) is 19.9 Å². The van der Waals surface area contributed by atoms with Crippen molar-refractivity contribution in [2.75, 3.05) is 18.6 Å². The number of H-pyrrole nitrogens is 1. The second-order valence-electron chi connectivity index (χ2n) is 7.42. The van der Waals surface area contributed by atoms with Crippen LogP contribution in [0.3, 0.4) is 0 Å². The highest BCUT2D eigenvalue weighted by molar-refractivity contribution is 5.92. The number of nitrogens with zero attached hydrogens (tertiary/aromatic N) is 3. The van der Waals surface area contributed by atoms with Gasteiger partial charge in [-0.1, -0.05) is 29.8 Å². The number of pyridine rings is 1. The van der Waals surface area contributed by atoms with Gasteiger partial charge in [-0.05, 0) is 42.7 Å². The zero-order chi connectivity index (χ0) is 20.0. The Morgan fingerprint density at radius 1 is 1.14 bits per heavy atom. The van der Waals surface area contributed by atoms with Crippen LogP contribution in [0.25, 0.3) is 22.2 Å². The summed E-state index contributed by atoms with van der Waals surface area (Å²) in [4.78, 5) is 6.71. The fraction of sp³-hybridized carbons (Fsp3) is 0.217. The van der Waals surface area contributed by atoms with Gasteiger partial charge in [0.25, 0.3) is 0 Å². The Morgan fingerprint density at radius 2 is 2.03 bits per heavy atom. The van der Waals surface area contributed by atoms with Gasteiger partial charge in [-0.15, -0.1) is 0 Å². The van der Waals surface area contributed by atoms with E-state index >= 15 is 0 Å². The molecule has 2 aromatic carbocycles. The van der Waals surface area contributed by atoms with Crippen LogP contribution in [0, 0.1) is 12.7 Å². The van der Waals surface area contributed by atoms with E-state index in [9.17, 15) is 4.39 Å². The molecule has 0 bridgehead atoms. The minimum Gasteiger partial charge on any atom is -0.496 e. The second kappa shape index (κ2) is 6.88. The van der Waals surface area contributed by atoms with E-state index in [1.807, 2.05) is 6.07 Å². The number of rotatable bonds is 3. The van der Waals surface area contributed by atoms with E-state index in [2.05, 4.69) is 45.2 Å². The molecule has 0 amide bonds. The molecule has 5 nitrogen and oxygen atoms in total. The molecule has 5 rings (SSSR count). The lowest BCUT2D eigenvalue weighted by Crippen LogP contribution is -2.30. The molecule has 0 unspecified atom stereocenters. The first-order valence-corrected chi connectivity index (χ1v) is 9.64. The minimum absolute atomic E-state index is 0.358. The Kier molecular flexibility index (Phi) is 4.19. The summed E-state index contributed by atoms with van der Waals surface area (Å²) in [6.45, 7) is 3.80. The van der Waals surface area contributed by atoms with E-state index < -0.39 is 0 Å². The van der Waals surface area contributed by atoms with Crippen molar-refractivity contribution in [3.05, 3.63) is 71.2 Å². The number of aryl methyl sites for hydroxylation is 1. The van der Waals surface area contributed by atoms with Crippen LogP contribution in [0.2, 0.25) is 0 Å². The summed E-state index contributed by atoms with van der Waals surface area (Å²) in [6.07, 6.45) is 2.68. The lowest BCUT2D eigenvalue weighted by atomic mass is 9.97. The van der Waals surface area contributed by atoms with Gasteiger partial charge in [-0.25, -0.2) is 4.39 Å². The van der Waals surface area contributed by atoms with Crippen LogP contribution >= 0.6 is 0 Å². The first-order valence-electron chi connectivity index (χ1n) is 9.64. The van der Waals surface area contributed by atoms with Crippen molar-refractivity contribution in [3.8, 4) is 17.0 Å². The van der Waals surface area contributed by atoms with Gasteiger partial charge in [0.15, 0.2) is 5.82 Å². The smallest absolute Gasteiger partial charge is 0.158 e. The number of benzene rings is 2. The maximum absolute atomic E-state index is 14.6. The van der Waals surface area contributed by atoms with Crippen molar-refractivity contribution in [2.24, 2.45) is 0 Å². The van der Waals surface area contributed by atoms with Gasteiger partial charge in [-0.2, -0.15) is 5.10 Å². The predicted octanol–water partition coefficient (Wildman–Crippen LogP) is 4.64. The Hall–Kier alpha value is -3.41. The molecule has 1 N–H and O–H groups in total. The fourth-order valence-corrected chi connectivity index (χ4v) is 4.07. The molecule has 4 aromatic rings. The van der Waals surface area contributed by atoms with Gasteiger partial charge in [0.05, 0.1) is 30.1 Å². The number of halogens is 1. The first kappa shape index (κ1) is 17.7. The summed E-state index contributed by atoms with van der Waals surface area (Å²) in [6, 6.07) is 13.3. The molecular weight excluding hydrogens is 367 g/mol. The molecule has 1 aliphatic heterocycles. The molecular formula is C23H21FN4O. The summed E-state index contributed by atoms with van der Waals surface area (Å²) in [5.41, 5.74) is 5.71. The van der Waals surface area contributed by atoms with Crippen molar-refractivity contribution in [3.63, 3.8) is 0 Å². The van der Waals surface area contributed by atoms with Gasteiger partial charge in [-0.3, -0.25) is 10.1 Å². The Labute approximate surface area is 168 Å². The van der Waals surface area contributed by atoms with Crippen LogP contribution in [0.5, 0.6) is 5.75 Å². The average Bonchev–Trinajstić information content (AvgIpc) is 3.16. The molecule has 2 aromatic heterocycles. The normalized spacial score (nSPS) is 13.6. The molecule has 1 aliphatic rings. The third-order valence-corrected chi connectivity index (χ3v) is 5.55. The molecule has 0 atom stereocenters. The first-order chi connectivity index (χ1) is 14.1. The van der Waals surface area contributed by atoms with E-state index in [0.29, 0.717) is 17.0 Å². The number of nitrogens with one attached hydrogen (secondary N) is 1. The molecule has 0 radical (unpaired) electrons.